The van der Waals surface area contributed by atoms with Gasteiger partial charge in [0.2, 0.25) is 0 Å². The quantitative estimate of drug-likeness (QED) is 0.538. The predicted molar refractivity (Wildman–Crippen MR) is 104 cm³/mol. The fourth-order valence-electron chi connectivity index (χ4n) is 2.68. The number of aryl methyl sites for hydroxylation is 1. The zero-order valence-electron chi connectivity index (χ0n) is 16.9. The zero-order valence-corrected chi connectivity index (χ0v) is 17.8. The Balaban J connectivity index is 2.65. The van der Waals surface area contributed by atoms with E-state index in [0.29, 0.717) is 5.69 Å². The molecule has 0 aliphatic heterocycles. The molecule has 0 N–H and O–H groups in total. The van der Waals surface area contributed by atoms with Crippen molar-refractivity contribution in [2.45, 2.75) is 39.3 Å². The van der Waals surface area contributed by atoms with Crippen LogP contribution in [0.25, 0.3) is 5.69 Å². The van der Waals surface area contributed by atoms with Crippen LogP contribution in [0.1, 0.15) is 48.1 Å². The molecule has 27 heavy (non-hydrogen) atoms. The summed E-state index contributed by atoms with van der Waals surface area (Å²) in [5.74, 6) is -0.566. The van der Waals surface area contributed by atoms with Gasteiger partial charge in [-0.1, -0.05) is 26.8 Å². The number of hydrogen-bond donors (Lipinski definition) is 0. The van der Waals surface area contributed by atoms with Gasteiger partial charge in [-0.15, -0.1) is 0 Å². The Bertz CT molecular complexity index is 875. The second kappa shape index (κ2) is 7.97. The van der Waals surface area contributed by atoms with Crippen LogP contribution in [0.5, 0.6) is 0 Å². The summed E-state index contributed by atoms with van der Waals surface area (Å²) < 4.78 is 29.1. The number of carbonyl (C=O) groups is 1. The molecule has 0 spiro atoms. The van der Waals surface area contributed by atoms with Gasteiger partial charge in [-0.25, -0.2) is 9.48 Å². The molecule has 2 rings (SSSR count). The maximum Gasteiger partial charge on any atom is 0.358 e. The van der Waals surface area contributed by atoms with Crippen LogP contribution in [-0.4, -0.2) is 37.1 Å². The first-order valence-corrected chi connectivity index (χ1v) is 10.3. The lowest BCUT2D eigenvalue weighted by Crippen LogP contribution is -2.13. The summed E-state index contributed by atoms with van der Waals surface area (Å²) >= 11 is 0. The fraction of sp³-hybridized carbons (Fsp3) is 0.474. The van der Waals surface area contributed by atoms with Crippen LogP contribution < -0.4 is 0 Å². The van der Waals surface area contributed by atoms with Crippen molar-refractivity contribution in [3.63, 3.8) is 0 Å². The number of rotatable bonds is 6. The summed E-state index contributed by atoms with van der Waals surface area (Å²) in [5, 5.41) is 4.38. The molecule has 0 unspecified atom stereocenters. The second-order valence-corrected chi connectivity index (χ2v) is 9.63. The largest absolute Gasteiger partial charge is 0.464 e. The molecule has 1 aromatic carbocycles. The first-order valence-electron chi connectivity index (χ1n) is 8.53. The Kier molecular flexibility index (Phi) is 6.30. The maximum atomic E-state index is 12.6. The molecule has 0 aliphatic rings. The number of hydrogen-bond acceptors (Lipinski definition) is 6. The van der Waals surface area contributed by atoms with Crippen LogP contribution in [0.4, 0.5) is 0 Å². The zero-order chi connectivity index (χ0) is 20.4. The van der Waals surface area contributed by atoms with Crippen molar-refractivity contribution in [3.05, 3.63) is 46.8 Å². The molecule has 148 valence electrons. The Labute approximate surface area is 160 Å². The number of benzene rings is 1. The Hall–Kier alpha value is -1.95. The second-order valence-electron chi connectivity index (χ2n) is 7.37. The van der Waals surface area contributed by atoms with Gasteiger partial charge in [-0.05, 0) is 41.7 Å². The van der Waals surface area contributed by atoms with Gasteiger partial charge in [-0.2, -0.15) is 5.10 Å². The number of ether oxygens (including phenoxy) is 1. The Morgan fingerprint density at radius 3 is 2.26 bits per heavy atom. The third-order valence-corrected chi connectivity index (χ3v) is 6.09. The molecule has 0 amide bonds. The highest BCUT2D eigenvalue weighted by atomic mass is 31.2. The minimum absolute atomic E-state index is 0.0250. The Morgan fingerprint density at radius 1 is 1.11 bits per heavy atom. The molecule has 1 aromatic heterocycles. The van der Waals surface area contributed by atoms with Crippen molar-refractivity contribution < 1.29 is 23.1 Å². The summed E-state index contributed by atoms with van der Waals surface area (Å²) in [6, 6.07) is 7.63. The first-order chi connectivity index (χ1) is 12.5. The van der Waals surface area contributed by atoms with Crippen molar-refractivity contribution in [2.24, 2.45) is 0 Å². The molecule has 0 aliphatic carbocycles. The van der Waals surface area contributed by atoms with Gasteiger partial charge in [0.15, 0.2) is 5.69 Å². The van der Waals surface area contributed by atoms with Crippen molar-refractivity contribution in [2.75, 3.05) is 21.3 Å². The van der Waals surface area contributed by atoms with Crippen molar-refractivity contribution in [1.82, 2.24) is 9.78 Å². The summed E-state index contributed by atoms with van der Waals surface area (Å²) in [6.07, 6.45) is -0.0250. The highest BCUT2D eigenvalue weighted by Gasteiger charge is 2.27. The van der Waals surface area contributed by atoms with Crippen LogP contribution in [0.15, 0.2) is 24.3 Å². The lowest BCUT2D eigenvalue weighted by atomic mass is 9.86. The van der Waals surface area contributed by atoms with E-state index in [1.54, 1.807) is 10.7 Å². The smallest absolute Gasteiger partial charge is 0.358 e. The third-order valence-electron chi connectivity index (χ3n) is 4.26. The van der Waals surface area contributed by atoms with Gasteiger partial charge in [0.1, 0.15) is 0 Å². The molecule has 1 heterocycles. The molecular formula is C19H27N2O5P. The summed E-state index contributed by atoms with van der Waals surface area (Å²) in [4.78, 5) is 12.0. The van der Waals surface area contributed by atoms with E-state index in [-0.39, 0.29) is 17.3 Å². The molecule has 8 heteroatoms. The highest BCUT2D eigenvalue weighted by molar-refractivity contribution is 7.52. The van der Waals surface area contributed by atoms with Crippen molar-refractivity contribution >= 4 is 13.6 Å². The molecule has 7 nitrogen and oxygen atoms in total. The predicted octanol–water partition coefficient (Wildman–Crippen LogP) is 4.25. The van der Waals surface area contributed by atoms with Gasteiger partial charge >= 0.3 is 13.6 Å². The number of methoxy groups -OCH3 is 1. The number of carbonyl (C=O) groups excluding carboxylic acids is 1. The molecule has 0 radical (unpaired) electrons. The van der Waals surface area contributed by atoms with E-state index in [1.165, 1.54) is 21.3 Å². The molecule has 0 fully saturated rings. The van der Waals surface area contributed by atoms with E-state index in [0.717, 1.165) is 16.8 Å². The fourth-order valence-corrected chi connectivity index (χ4v) is 3.71. The monoisotopic (exact) mass is 394 g/mol. The van der Waals surface area contributed by atoms with Gasteiger partial charge in [0.05, 0.1) is 24.7 Å². The van der Waals surface area contributed by atoms with Crippen LogP contribution >= 0.6 is 7.60 Å². The third kappa shape index (κ3) is 4.86. The van der Waals surface area contributed by atoms with E-state index < -0.39 is 13.6 Å². The molecule has 0 atom stereocenters. The standard InChI is InChI=1S/C19H27N2O5P/c1-13-8-14(19(2,3)4)10-15(9-13)21-16(12-27(23,25-6)26-7)11-17(20-21)18(22)24-5/h8-11H,12H2,1-7H3. The average molecular weight is 394 g/mol. The first kappa shape index (κ1) is 21.4. The van der Waals surface area contributed by atoms with Gasteiger partial charge in [0, 0.05) is 14.2 Å². The van der Waals surface area contributed by atoms with Crippen LogP contribution in [-0.2, 0) is 29.9 Å². The normalized spacial score (nSPS) is 12.3. The number of nitrogens with zero attached hydrogens (tertiary/aromatic N) is 2. The minimum Gasteiger partial charge on any atom is -0.464 e. The van der Waals surface area contributed by atoms with E-state index in [1.807, 2.05) is 19.1 Å². The van der Waals surface area contributed by atoms with E-state index in [2.05, 4.69) is 31.9 Å². The molecular weight excluding hydrogens is 367 g/mol. The SMILES string of the molecule is COC(=O)c1cc(CP(=O)(OC)OC)n(-c2cc(C)cc(C(C)(C)C)c2)n1. The van der Waals surface area contributed by atoms with Crippen LogP contribution in [0.2, 0.25) is 0 Å². The van der Waals surface area contributed by atoms with E-state index >= 15 is 0 Å². The van der Waals surface area contributed by atoms with Crippen LogP contribution in [0.3, 0.4) is 0 Å². The van der Waals surface area contributed by atoms with Gasteiger partial charge in [0.25, 0.3) is 0 Å². The Morgan fingerprint density at radius 2 is 1.74 bits per heavy atom. The van der Waals surface area contributed by atoms with Crippen molar-refractivity contribution in [3.8, 4) is 5.69 Å². The highest BCUT2D eigenvalue weighted by Crippen LogP contribution is 2.50. The summed E-state index contributed by atoms with van der Waals surface area (Å²) in [6.45, 7) is 8.37. The topological polar surface area (TPSA) is 79.7 Å². The number of aromatic nitrogens is 2. The molecule has 0 bridgehead atoms. The molecule has 2 aromatic rings. The lowest BCUT2D eigenvalue weighted by molar-refractivity contribution is 0.0593. The van der Waals surface area contributed by atoms with Crippen LogP contribution in [0, 0.1) is 6.92 Å². The number of esters is 1. The van der Waals surface area contributed by atoms with Crippen molar-refractivity contribution in [1.29, 1.82) is 0 Å². The van der Waals surface area contributed by atoms with E-state index in [9.17, 15) is 9.36 Å². The molecule has 0 saturated heterocycles. The maximum absolute atomic E-state index is 12.6. The lowest BCUT2D eigenvalue weighted by Gasteiger charge is -2.21. The minimum atomic E-state index is -3.34. The molecule has 0 saturated carbocycles. The summed E-state index contributed by atoms with van der Waals surface area (Å²) in [7, 11) is 0.607. The summed E-state index contributed by atoms with van der Waals surface area (Å²) in [5.41, 5.74) is 3.55. The van der Waals surface area contributed by atoms with Gasteiger partial charge < -0.3 is 13.8 Å². The van der Waals surface area contributed by atoms with E-state index in [4.69, 9.17) is 13.8 Å². The van der Waals surface area contributed by atoms with Gasteiger partial charge in [-0.3, -0.25) is 4.57 Å². The average Bonchev–Trinajstić information content (AvgIpc) is 3.03.